The summed E-state index contributed by atoms with van der Waals surface area (Å²) in [5.74, 6) is 0.878. The molecule has 0 amide bonds. The van der Waals surface area contributed by atoms with Crippen LogP contribution in [-0.4, -0.2) is 36.6 Å². The lowest BCUT2D eigenvalue weighted by atomic mass is 9.80. The van der Waals surface area contributed by atoms with Crippen LogP contribution in [0.25, 0.3) is 0 Å². The second-order valence-electron chi connectivity index (χ2n) is 7.09. The van der Waals surface area contributed by atoms with Crippen molar-refractivity contribution >= 4 is 0 Å². The van der Waals surface area contributed by atoms with E-state index < -0.39 is 0 Å². The molecule has 0 aromatic heterocycles. The molecule has 102 valence electrons. The van der Waals surface area contributed by atoms with Gasteiger partial charge in [-0.25, -0.2) is 0 Å². The van der Waals surface area contributed by atoms with Gasteiger partial charge in [0.25, 0.3) is 0 Å². The Morgan fingerprint density at radius 3 is 2.35 bits per heavy atom. The van der Waals surface area contributed by atoms with Gasteiger partial charge in [0.05, 0.1) is 0 Å². The molecule has 0 aliphatic carbocycles. The zero-order valence-electron chi connectivity index (χ0n) is 12.7. The first-order valence-corrected chi connectivity index (χ1v) is 7.28. The van der Waals surface area contributed by atoms with E-state index in [0.717, 1.165) is 18.5 Å². The second-order valence-corrected chi connectivity index (χ2v) is 7.09. The molecule has 0 spiro atoms. The van der Waals surface area contributed by atoms with Gasteiger partial charge < -0.3 is 10.2 Å². The number of likely N-dealkylation sites (tertiary alicyclic amines) is 1. The topological polar surface area (TPSA) is 15.3 Å². The largest absolute Gasteiger partial charge is 0.314 e. The Kier molecular flexibility index (Phi) is 5.46. The van der Waals surface area contributed by atoms with E-state index >= 15 is 0 Å². The molecule has 1 heterocycles. The minimum Gasteiger partial charge on any atom is -0.314 e. The molecule has 17 heavy (non-hydrogen) atoms. The van der Waals surface area contributed by atoms with Crippen molar-refractivity contribution in [2.75, 3.05) is 19.6 Å². The van der Waals surface area contributed by atoms with Gasteiger partial charge in [0.15, 0.2) is 0 Å². The van der Waals surface area contributed by atoms with Gasteiger partial charge >= 0.3 is 0 Å². The summed E-state index contributed by atoms with van der Waals surface area (Å²) in [6.45, 7) is 17.7. The molecule has 2 unspecified atom stereocenters. The van der Waals surface area contributed by atoms with Crippen LogP contribution in [0.4, 0.5) is 0 Å². The highest BCUT2D eigenvalue weighted by Gasteiger charge is 2.33. The first-order valence-electron chi connectivity index (χ1n) is 7.28. The third-order valence-electron chi connectivity index (χ3n) is 4.18. The predicted molar refractivity (Wildman–Crippen MR) is 76.4 cm³/mol. The Bertz CT molecular complexity index is 217. The molecular weight excluding hydrogens is 208 g/mol. The Morgan fingerprint density at radius 2 is 1.88 bits per heavy atom. The summed E-state index contributed by atoms with van der Waals surface area (Å²) in [6.07, 6.45) is 2.65. The molecule has 1 N–H and O–H groups in total. The molecule has 1 fully saturated rings. The molecule has 0 aromatic carbocycles. The Morgan fingerprint density at radius 1 is 1.24 bits per heavy atom. The average molecular weight is 240 g/mol. The monoisotopic (exact) mass is 240 g/mol. The Labute approximate surface area is 108 Å². The Hall–Kier alpha value is -0.0800. The highest BCUT2D eigenvalue weighted by atomic mass is 15.2. The molecule has 2 atom stereocenters. The molecule has 2 heteroatoms. The second kappa shape index (κ2) is 6.19. The van der Waals surface area contributed by atoms with Crippen LogP contribution in [-0.2, 0) is 0 Å². The fourth-order valence-electron chi connectivity index (χ4n) is 2.66. The van der Waals surface area contributed by atoms with E-state index in [-0.39, 0.29) is 0 Å². The van der Waals surface area contributed by atoms with Crippen LogP contribution in [0.1, 0.15) is 54.4 Å². The number of hydrogen-bond donors (Lipinski definition) is 1. The zero-order valence-corrected chi connectivity index (χ0v) is 12.7. The third kappa shape index (κ3) is 4.97. The van der Waals surface area contributed by atoms with Crippen molar-refractivity contribution in [1.29, 1.82) is 0 Å². The van der Waals surface area contributed by atoms with Crippen LogP contribution >= 0.6 is 0 Å². The summed E-state index contributed by atoms with van der Waals surface area (Å²) >= 11 is 0. The van der Waals surface area contributed by atoms with E-state index in [4.69, 9.17) is 0 Å². The van der Waals surface area contributed by atoms with Crippen molar-refractivity contribution in [1.82, 2.24) is 10.2 Å². The first kappa shape index (κ1) is 15.0. The molecule has 1 aliphatic heterocycles. The lowest BCUT2D eigenvalue weighted by Crippen LogP contribution is -2.36. The molecule has 0 aromatic rings. The van der Waals surface area contributed by atoms with Gasteiger partial charge in [0, 0.05) is 18.6 Å². The fraction of sp³-hybridized carbons (Fsp3) is 1.00. The van der Waals surface area contributed by atoms with E-state index in [1.807, 2.05) is 0 Å². The first-order chi connectivity index (χ1) is 7.80. The van der Waals surface area contributed by atoms with E-state index in [1.54, 1.807) is 0 Å². The van der Waals surface area contributed by atoms with Crippen molar-refractivity contribution in [3.05, 3.63) is 0 Å². The molecular formula is C15H32N2. The van der Waals surface area contributed by atoms with Crippen LogP contribution in [0.5, 0.6) is 0 Å². The van der Waals surface area contributed by atoms with Crippen LogP contribution in [0.3, 0.4) is 0 Å². The van der Waals surface area contributed by atoms with Gasteiger partial charge in [-0.05, 0) is 44.2 Å². The predicted octanol–water partition coefficient (Wildman–Crippen LogP) is 3.13. The number of hydrogen-bond acceptors (Lipinski definition) is 2. The molecule has 1 saturated heterocycles. The number of rotatable bonds is 5. The quantitative estimate of drug-likeness (QED) is 0.794. The van der Waals surface area contributed by atoms with E-state index in [9.17, 15) is 0 Å². The highest BCUT2D eigenvalue weighted by molar-refractivity contribution is 4.86. The lowest BCUT2D eigenvalue weighted by Gasteiger charge is -2.29. The van der Waals surface area contributed by atoms with Gasteiger partial charge in [0.2, 0.25) is 0 Å². The van der Waals surface area contributed by atoms with Gasteiger partial charge in [-0.2, -0.15) is 0 Å². The summed E-state index contributed by atoms with van der Waals surface area (Å²) in [4.78, 5) is 2.68. The maximum Gasteiger partial charge on any atom is 0.00791 e. The molecule has 2 nitrogen and oxygen atoms in total. The zero-order chi connectivity index (χ0) is 13.1. The lowest BCUT2D eigenvalue weighted by molar-refractivity contribution is 0.195. The van der Waals surface area contributed by atoms with Gasteiger partial charge in [-0.3, -0.25) is 0 Å². The van der Waals surface area contributed by atoms with Crippen LogP contribution < -0.4 is 5.32 Å². The summed E-state index contributed by atoms with van der Waals surface area (Å²) in [5.41, 5.74) is 0.477. The summed E-state index contributed by atoms with van der Waals surface area (Å²) in [5, 5.41) is 3.51. The van der Waals surface area contributed by atoms with E-state index in [2.05, 4.69) is 51.8 Å². The van der Waals surface area contributed by atoms with Crippen molar-refractivity contribution in [3.8, 4) is 0 Å². The summed E-state index contributed by atoms with van der Waals surface area (Å²) in [7, 11) is 0. The standard InChI is InChI=1S/C15H32N2/c1-12(2)16-9-7-13(3)17-10-8-14(11-17)15(4,5)6/h12-14,16H,7-11H2,1-6H3. The van der Waals surface area contributed by atoms with Gasteiger partial charge in [-0.15, -0.1) is 0 Å². The van der Waals surface area contributed by atoms with E-state index in [0.29, 0.717) is 11.5 Å². The number of nitrogens with zero attached hydrogens (tertiary/aromatic N) is 1. The Balaban J connectivity index is 2.28. The van der Waals surface area contributed by atoms with Gasteiger partial charge in [0.1, 0.15) is 0 Å². The highest BCUT2D eigenvalue weighted by Crippen LogP contribution is 2.34. The van der Waals surface area contributed by atoms with E-state index in [1.165, 1.54) is 25.9 Å². The normalized spacial score (nSPS) is 24.5. The maximum atomic E-state index is 3.51. The molecule has 1 rings (SSSR count). The van der Waals surface area contributed by atoms with Crippen LogP contribution in [0, 0.1) is 11.3 Å². The third-order valence-corrected chi connectivity index (χ3v) is 4.18. The van der Waals surface area contributed by atoms with Gasteiger partial charge in [-0.1, -0.05) is 34.6 Å². The average Bonchev–Trinajstić information content (AvgIpc) is 2.64. The molecule has 1 aliphatic rings. The number of nitrogens with one attached hydrogen (secondary N) is 1. The SMILES string of the molecule is CC(C)NCCC(C)N1CCC(C(C)(C)C)C1. The maximum absolute atomic E-state index is 3.51. The summed E-state index contributed by atoms with van der Waals surface area (Å²) in [6, 6.07) is 1.34. The minimum absolute atomic E-state index is 0.477. The van der Waals surface area contributed by atoms with Crippen molar-refractivity contribution in [2.45, 2.75) is 66.5 Å². The molecule has 0 saturated carbocycles. The molecule has 0 bridgehead atoms. The minimum atomic E-state index is 0.477. The summed E-state index contributed by atoms with van der Waals surface area (Å²) < 4.78 is 0. The van der Waals surface area contributed by atoms with Crippen molar-refractivity contribution in [3.63, 3.8) is 0 Å². The van der Waals surface area contributed by atoms with Crippen molar-refractivity contribution < 1.29 is 0 Å². The van der Waals surface area contributed by atoms with Crippen LogP contribution in [0.15, 0.2) is 0 Å². The fourth-order valence-corrected chi connectivity index (χ4v) is 2.66. The molecule has 0 radical (unpaired) electrons. The van der Waals surface area contributed by atoms with Crippen molar-refractivity contribution in [2.24, 2.45) is 11.3 Å². The van der Waals surface area contributed by atoms with Crippen LogP contribution in [0.2, 0.25) is 0 Å². The smallest absolute Gasteiger partial charge is 0.00791 e.